The predicted molar refractivity (Wildman–Crippen MR) is 174 cm³/mol. The van der Waals surface area contributed by atoms with Gasteiger partial charge in [0, 0.05) is 27.4 Å². The van der Waals surface area contributed by atoms with Crippen molar-refractivity contribution < 1.29 is 0 Å². The fourth-order valence-corrected chi connectivity index (χ4v) is 4.56. The number of para-hydroxylation sites is 1. The zero-order valence-electron chi connectivity index (χ0n) is 22.8. The number of anilines is 1. The molecule has 0 saturated heterocycles. The maximum Gasteiger partial charge on any atom is 0.160 e. The van der Waals surface area contributed by atoms with E-state index in [-0.39, 0.29) is 0 Å². The van der Waals surface area contributed by atoms with Gasteiger partial charge in [-0.05, 0) is 53.5 Å². The Balaban J connectivity index is 0.000000287. The van der Waals surface area contributed by atoms with E-state index in [0.29, 0.717) is 10.8 Å². The zero-order valence-corrected chi connectivity index (χ0v) is 23.6. The summed E-state index contributed by atoms with van der Waals surface area (Å²) in [4.78, 5) is 9.72. The fraction of sp³-hybridized carbons (Fsp3) is 0.0270. The smallest absolute Gasteiger partial charge is 0.160 e. The van der Waals surface area contributed by atoms with Crippen LogP contribution in [0.15, 0.2) is 146 Å². The van der Waals surface area contributed by atoms with E-state index in [4.69, 9.17) is 27.3 Å². The largest absolute Gasteiger partial charge is 0.398 e. The van der Waals surface area contributed by atoms with Crippen LogP contribution in [0, 0.1) is 0 Å². The number of nitrogens with zero attached hydrogens (tertiary/aromatic N) is 2. The van der Waals surface area contributed by atoms with E-state index >= 15 is 0 Å². The van der Waals surface area contributed by atoms with Crippen LogP contribution in [0.2, 0.25) is 5.02 Å². The van der Waals surface area contributed by atoms with Gasteiger partial charge in [0.2, 0.25) is 0 Å². The molecule has 0 amide bonds. The number of hydrogen-bond acceptors (Lipinski definition) is 3. The summed E-state index contributed by atoms with van der Waals surface area (Å²) < 4.78 is 0. The summed E-state index contributed by atoms with van der Waals surface area (Å²) >= 11 is 6.09. The molecule has 200 valence electrons. The third-order valence-electron chi connectivity index (χ3n) is 6.61. The van der Waals surface area contributed by atoms with E-state index in [9.17, 15) is 0 Å². The van der Waals surface area contributed by atoms with E-state index < -0.39 is 0 Å². The Kier molecular flexibility index (Phi) is 8.68. The van der Waals surface area contributed by atoms with Gasteiger partial charge in [0.15, 0.2) is 5.82 Å². The SMILES string of the molecule is C=C(C)c1ccccc1N.Clc1ccc(-c2cc(-c3ccc(-c4ccccc4)cc3)nc(-c3ccccc3)n2)cc1. The van der Waals surface area contributed by atoms with Crippen LogP contribution < -0.4 is 5.73 Å². The molecule has 6 aromatic rings. The molecule has 0 fully saturated rings. The quantitative estimate of drug-likeness (QED) is 0.217. The first-order valence-electron chi connectivity index (χ1n) is 13.3. The molecule has 2 N–H and O–H groups in total. The maximum absolute atomic E-state index is 6.09. The van der Waals surface area contributed by atoms with Crippen LogP contribution in [0.5, 0.6) is 0 Å². The second-order valence-corrected chi connectivity index (χ2v) is 10.1. The number of aromatic nitrogens is 2. The minimum Gasteiger partial charge on any atom is -0.398 e. The number of halogens is 1. The van der Waals surface area contributed by atoms with E-state index in [1.54, 1.807) is 0 Å². The summed E-state index contributed by atoms with van der Waals surface area (Å²) in [6.45, 7) is 5.76. The molecule has 1 heterocycles. The average molecular weight is 552 g/mol. The second kappa shape index (κ2) is 12.9. The van der Waals surface area contributed by atoms with Gasteiger partial charge >= 0.3 is 0 Å². The molecule has 0 aliphatic heterocycles. The first kappa shape index (κ1) is 27.6. The minimum absolute atomic E-state index is 0.704. The van der Waals surface area contributed by atoms with Crippen molar-refractivity contribution in [3.63, 3.8) is 0 Å². The first-order valence-corrected chi connectivity index (χ1v) is 13.7. The summed E-state index contributed by atoms with van der Waals surface area (Å²) in [5, 5.41) is 0.706. The fourth-order valence-electron chi connectivity index (χ4n) is 4.43. The molecule has 0 aliphatic rings. The molecule has 6 rings (SSSR count). The molecule has 3 nitrogen and oxygen atoms in total. The van der Waals surface area contributed by atoms with E-state index in [0.717, 1.165) is 44.9 Å². The molecule has 5 aromatic carbocycles. The third kappa shape index (κ3) is 6.96. The Hall–Kier alpha value is -4.99. The number of allylic oxidation sites excluding steroid dienone is 1. The lowest BCUT2D eigenvalue weighted by molar-refractivity contribution is 1.18. The average Bonchev–Trinajstić information content (AvgIpc) is 3.02. The number of benzene rings is 5. The van der Waals surface area contributed by atoms with Crippen LogP contribution in [0.25, 0.3) is 50.6 Å². The third-order valence-corrected chi connectivity index (χ3v) is 6.86. The van der Waals surface area contributed by atoms with Crippen molar-refractivity contribution in [3.05, 3.63) is 157 Å². The molecule has 4 heteroatoms. The summed E-state index contributed by atoms with van der Waals surface area (Å²) in [5.74, 6) is 0.704. The van der Waals surface area contributed by atoms with Gasteiger partial charge < -0.3 is 5.73 Å². The van der Waals surface area contributed by atoms with E-state index in [2.05, 4.69) is 55.1 Å². The summed E-state index contributed by atoms with van der Waals surface area (Å²) in [7, 11) is 0. The van der Waals surface area contributed by atoms with Crippen molar-refractivity contribution in [2.24, 2.45) is 0 Å². The molecule has 1 aromatic heterocycles. The van der Waals surface area contributed by atoms with Crippen LogP contribution in [-0.2, 0) is 0 Å². The van der Waals surface area contributed by atoms with Crippen LogP contribution >= 0.6 is 11.6 Å². The number of nitrogen functional groups attached to an aromatic ring is 1. The van der Waals surface area contributed by atoms with Crippen LogP contribution in [0.1, 0.15) is 12.5 Å². The summed E-state index contributed by atoms with van der Waals surface area (Å²) in [5.41, 5.74) is 15.7. The van der Waals surface area contributed by atoms with Crippen molar-refractivity contribution in [1.29, 1.82) is 0 Å². The van der Waals surface area contributed by atoms with Crippen molar-refractivity contribution in [2.45, 2.75) is 6.92 Å². The van der Waals surface area contributed by atoms with Gasteiger partial charge in [-0.25, -0.2) is 9.97 Å². The normalized spacial score (nSPS) is 10.4. The molecule has 0 atom stereocenters. The molecule has 0 bridgehead atoms. The van der Waals surface area contributed by atoms with Gasteiger partial charge in [0.25, 0.3) is 0 Å². The second-order valence-electron chi connectivity index (χ2n) is 9.65. The Bertz CT molecular complexity index is 1750. The highest BCUT2D eigenvalue weighted by Crippen LogP contribution is 2.29. The molecule has 0 radical (unpaired) electrons. The predicted octanol–water partition coefficient (Wildman–Crippen LogP) is 10.1. The Morgan fingerprint density at radius 3 is 1.51 bits per heavy atom. The van der Waals surface area contributed by atoms with E-state index in [1.807, 2.05) is 97.9 Å². The van der Waals surface area contributed by atoms with Crippen molar-refractivity contribution >= 4 is 22.9 Å². The highest BCUT2D eigenvalue weighted by atomic mass is 35.5. The topological polar surface area (TPSA) is 51.8 Å². The van der Waals surface area contributed by atoms with Crippen molar-refractivity contribution in [2.75, 3.05) is 5.73 Å². The molecule has 0 saturated carbocycles. The zero-order chi connectivity index (χ0) is 28.6. The van der Waals surface area contributed by atoms with Gasteiger partial charge in [0.1, 0.15) is 0 Å². The highest BCUT2D eigenvalue weighted by Gasteiger charge is 2.11. The molecular weight excluding hydrogens is 522 g/mol. The summed E-state index contributed by atoms with van der Waals surface area (Å²) in [6, 6.07) is 46.4. The molecule has 41 heavy (non-hydrogen) atoms. The standard InChI is InChI=1S/C28H19ClN2.C9H11N/c29-25-17-15-23(16-18-25)27-19-26(30-28(31-27)24-9-5-2-6-10-24)22-13-11-21(12-14-22)20-7-3-1-4-8-20;1-7(2)8-5-3-4-6-9(8)10/h1-19H;3-6H,1,10H2,2H3. The number of rotatable bonds is 5. The molecular formula is C37H30ClN3. The van der Waals surface area contributed by atoms with Crippen molar-refractivity contribution in [1.82, 2.24) is 9.97 Å². The van der Waals surface area contributed by atoms with Gasteiger partial charge in [-0.15, -0.1) is 0 Å². The van der Waals surface area contributed by atoms with Gasteiger partial charge in [-0.3, -0.25) is 0 Å². The minimum atomic E-state index is 0.704. The van der Waals surface area contributed by atoms with Gasteiger partial charge in [0.05, 0.1) is 11.4 Å². The summed E-state index contributed by atoms with van der Waals surface area (Å²) in [6.07, 6.45) is 0. The maximum atomic E-state index is 6.09. The first-order chi connectivity index (χ1) is 20.0. The molecule has 0 spiro atoms. The molecule has 0 unspecified atom stereocenters. The number of nitrogens with two attached hydrogens (primary N) is 1. The van der Waals surface area contributed by atoms with E-state index in [1.165, 1.54) is 11.1 Å². The lowest BCUT2D eigenvalue weighted by Gasteiger charge is -2.10. The molecule has 0 aliphatic carbocycles. The Labute approximate surface area is 246 Å². The van der Waals surface area contributed by atoms with Gasteiger partial charge in [-0.1, -0.05) is 133 Å². The lowest BCUT2D eigenvalue weighted by atomic mass is 10.0. The Morgan fingerprint density at radius 2 is 1.00 bits per heavy atom. The Morgan fingerprint density at radius 1 is 0.561 bits per heavy atom. The highest BCUT2D eigenvalue weighted by molar-refractivity contribution is 6.30. The van der Waals surface area contributed by atoms with Gasteiger partial charge in [-0.2, -0.15) is 0 Å². The van der Waals surface area contributed by atoms with Crippen LogP contribution in [0.3, 0.4) is 0 Å². The monoisotopic (exact) mass is 551 g/mol. The number of hydrogen-bond donors (Lipinski definition) is 1. The van der Waals surface area contributed by atoms with Crippen LogP contribution in [0.4, 0.5) is 5.69 Å². The lowest BCUT2D eigenvalue weighted by Crippen LogP contribution is -1.95. The van der Waals surface area contributed by atoms with Crippen molar-refractivity contribution in [3.8, 4) is 45.0 Å². The van der Waals surface area contributed by atoms with Crippen LogP contribution in [-0.4, -0.2) is 9.97 Å².